The van der Waals surface area contributed by atoms with Crippen molar-refractivity contribution in [3.8, 4) is 0 Å². The second-order valence-electron chi connectivity index (χ2n) is 2.63. The van der Waals surface area contributed by atoms with Crippen molar-refractivity contribution < 1.29 is 4.74 Å². The van der Waals surface area contributed by atoms with Crippen molar-refractivity contribution in [1.82, 2.24) is 0 Å². The highest BCUT2D eigenvalue weighted by Gasteiger charge is 1.93. The van der Waals surface area contributed by atoms with Gasteiger partial charge in [-0.2, -0.15) is 0 Å². The summed E-state index contributed by atoms with van der Waals surface area (Å²) in [6.07, 6.45) is 1.72. The number of aliphatic imine (C=N–C) groups is 1. The van der Waals surface area contributed by atoms with Crippen LogP contribution < -0.4 is 0 Å². The quantitative estimate of drug-likeness (QED) is 0.449. The van der Waals surface area contributed by atoms with Crippen molar-refractivity contribution in [2.24, 2.45) is 4.99 Å². The predicted octanol–water partition coefficient (Wildman–Crippen LogP) is 2.53. The van der Waals surface area contributed by atoms with Gasteiger partial charge in [0.25, 0.3) is 0 Å². The second kappa shape index (κ2) is 4.72. The van der Waals surface area contributed by atoms with Gasteiger partial charge < -0.3 is 4.74 Å². The Hall–Kier alpha value is -1.05. The van der Waals surface area contributed by atoms with Gasteiger partial charge >= 0.3 is 0 Å². The maximum atomic E-state index is 5.22. The summed E-state index contributed by atoms with van der Waals surface area (Å²) in [5.74, 6) is 0.572. The molecular weight excluding hydrogens is 138 g/mol. The molecule has 0 unspecified atom stereocenters. The van der Waals surface area contributed by atoms with Crippen LogP contribution in [0.3, 0.4) is 0 Å². The lowest BCUT2D eigenvalue weighted by Crippen LogP contribution is -2.01. The van der Waals surface area contributed by atoms with Crippen LogP contribution in [0.25, 0.3) is 0 Å². The molecule has 0 N–H and O–H groups in total. The Bertz CT molecular complexity index is 180. The molecule has 2 heteroatoms. The molecule has 0 amide bonds. The lowest BCUT2D eigenvalue weighted by Gasteiger charge is -2.07. The topological polar surface area (TPSA) is 21.6 Å². The van der Waals surface area contributed by atoms with E-state index in [0.717, 1.165) is 5.70 Å². The number of hydrogen-bond donors (Lipinski definition) is 0. The summed E-state index contributed by atoms with van der Waals surface area (Å²) < 4.78 is 5.22. The highest BCUT2D eigenvalue weighted by Crippen LogP contribution is 1.97. The van der Waals surface area contributed by atoms with Gasteiger partial charge in [0.1, 0.15) is 5.76 Å². The van der Waals surface area contributed by atoms with Crippen LogP contribution in [0.5, 0.6) is 0 Å². The fraction of sp³-hybridized carbons (Fsp3) is 0.444. The van der Waals surface area contributed by atoms with Crippen molar-refractivity contribution in [2.75, 3.05) is 0 Å². The Labute approximate surface area is 68.3 Å². The fourth-order valence-corrected chi connectivity index (χ4v) is 0.515. The number of allylic oxidation sites excluding steroid dienone is 2. The molecule has 0 aromatic rings. The van der Waals surface area contributed by atoms with Gasteiger partial charge in [-0.15, -0.1) is 0 Å². The van der Waals surface area contributed by atoms with Crippen LogP contribution in [-0.4, -0.2) is 12.3 Å². The molecule has 0 saturated carbocycles. The molecule has 11 heavy (non-hydrogen) atoms. The van der Waals surface area contributed by atoms with Crippen molar-refractivity contribution in [3.63, 3.8) is 0 Å². The number of ether oxygens (including phenoxy) is 1. The van der Waals surface area contributed by atoms with E-state index < -0.39 is 0 Å². The maximum absolute atomic E-state index is 5.22. The van der Waals surface area contributed by atoms with Crippen molar-refractivity contribution in [2.45, 2.75) is 26.9 Å². The zero-order valence-electron chi connectivity index (χ0n) is 7.42. The first-order valence-electron chi connectivity index (χ1n) is 3.57. The van der Waals surface area contributed by atoms with Gasteiger partial charge in [0, 0.05) is 5.70 Å². The van der Waals surface area contributed by atoms with Gasteiger partial charge in [0.2, 0.25) is 0 Å². The highest BCUT2D eigenvalue weighted by molar-refractivity contribution is 5.75. The van der Waals surface area contributed by atoms with Gasteiger partial charge in [-0.05, 0) is 20.8 Å². The molecule has 0 atom stereocenters. The van der Waals surface area contributed by atoms with E-state index in [0.29, 0.717) is 5.76 Å². The average molecular weight is 153 g/mol. The molecule has 0 spiro atoms. The molecule has 0 aromatic carbocycles. The van der Waals surface area contributed by atoms with Gasteiger partial charge in [-0.1, -0.05) is 13.2 Å². The first-order valence-corrected chi connectivity index (χ1v) is 3.57. The molecule has 0 aliphatic heterocycles. The third-order valence-electron chi connectivity index (χ3n) is 0.816. The Morgan fingerprint density at radius 2 is 2.00 bits per heavy atom. The maximum Gasteiger partial charge on any atom is 0.130 e. The molecule has 0 radical (unpaired) electrons. The lowest BCUT2D eigenvalue weighted by molar-refractivity contribution is 0.166. The van der Waals surface area contributed by atoms with Gasteiger partial charge in [-0.25, -0.2) is 0 Å². The molecule has 0 aliphatic carbocycles. The van der Waals surface area contributed by atoms with Crippen LogP contribution in [0.15, 0.2) is 29.6 Å². The lowest BCUT2D eigenvalue weighted by atomic mass is 10.4. The fourth-order valence-electron chi connectivity index (χ4n) is 0.515. The van der Waals surface area contributed by atoms with E-state index in [-0.39, 0.29) is 6.10 Å². The summed E-state index contributed by atoms with van der Waals surface area (Å²) in [7, 11) is 0. The zero-order valence-corrected chi connectivity index (χ0v) is 7.42. The van der Waals surface area contributed by atoms with E-state index in [9.17, 15) is 0 Å². The minimum Gasteiger partial charge on any atom is -0.490 e. The summed E-state index contributed by atoms with van der Waals surface area (Å²) in [6.45, 7) is 13.0. The molecule has 62 valence electrons. The normalized spacial score (nSPS) is 10.5. The van der Waals surface area contributed by atoms with Crippen LogP contribution in [-0.2, 0) is 4.74 Å². The molecule has 0 heterocycles. The smallest absolute Gasteiger partial charge is 0.130 e. The van der Waals surface area contributed by atoms with Crippen LogP contribution in [0, 0.1) is 0 Å². The van der Waals surface area contributed by atoms with Crippen molar-refractivity contribution >= 4 is 6.21 Å². The largest absolute Gasteiger partial charge is 0.490 e. The third kappa shape index (κ3) is 6.84. The molecule has 2 nitrogen and oxygen atoms in total. The van der Waals surface area contributed by atoms with Crippen LogP contribution in [0.4, 0.5) is 0 Å². The summed E-state index contributed by atoms with van der Waals surface area (Å²) in [5, 5.41) is 0. The average Bonchev–Trinajstić information content (AvgIpc) is 1.82. The summed E-state index contributed by atoms with van der Waals surface area (Å²) in [6, 6.07) is 0. The molecule has 0 saturated heterocycles. The van der Waals surface area contributed by atoms with E-state index in [2.05, 4.69) is 18.2 Å². The van der Waals surface area contributed by atoms with E-state index in [1.807, 2.05) is 20.8 Å². The molecular formula is C9H15NO. The Balaban J connectivity index is 3.78. The van der Waals surface area contributed by atoms with Crippen molar-refractivity contribution in [3.05, 3.63) is 24.6 Å². The van der Waals surface area contributed by atoms with Gasteiger partial charge in [0.05, 0.1) is 12.3 Å². The Morgan fingerprint density at radius 1 is 1.45 bits per heavy atom. The minimum atomic E-state index is 0.152. The van der Waals surface area contributed by atoms with Crippen LogP contribution in [0.2, 0.25) is 0 Å². The SMILES string of the molecule is C=C(C)N=CC(=C)OC(C)C. The number of rotatable bonds is 4. The Kier molecular flexibility index (Phi) is 4.27. The standard InChI is InChI=1S/C9H15NO/c1-7(2)10-6-9(5)11-8(3)4/h6,8H,1,5H2,2-4H3. The number of hydrogen-bond acceptors (Lipinski definition) is 2. The monoisotopic (exact) mass is 153 g/mol. The first-order chi connectivity index (χ1) is 5.02. The number of nitrogens with zero attached hydrogens (tertiary/aromatic N) is 1. The van der Waals surface area contributed by atoms with Crippen LogP contribution >= 0.6 is 0 Å². The van der Waals surface area contributed by atoms with Crippen LogP contribution in [0.1, 0.15) is 20.8 Å². The van der Waals surface area contributed by atoms with Gasteiger partial charge in [-0.3, -0.25) is 4.99 Å². The highest BCUT2D eigenvalue weighted by atomic mass is 16.5. The molecule has 0 rings (SSSR count). The summed E-state index contributed by atoms with van der Waals surface area (Å²) >= 11 is 0. The predicted molar refractivity (Wildman–Crippen MR) is 48.7 cm³/mol. The van der Waals surface area contributed by atoms with E-state index in [1.165, 1.54) is 0 Å². The first kappa shape index (κ1) is 9.95. The molecule has 0 aliphatic rings. The van der Waals surface area contributed by atoms with Gasteiger partial charge in [0.15, 0.2) is 0 Å². The van der Waals surface area contributed by atoms with E-state index in [1.54, 1.807) is 6.21 Å². The zero-order chi connectivity index (χ0) is 8.85. The summed E-state index contributed by atoms with van der Waals surface area (Å²) in [4.78, 5) is 3.93. The minimum absolute atomic E-state index is 0.152. The summed E-state index contributed by atoms with van der Waals surface area (Å²) in [5.41, 5.74) is 0.749. The van der Waals surface area contributed by atoms with Crippen molar-refractivity contribution in [1.29, 1.82) is 0 Å². The van der Waals surface area contributed by atoms with E-state index in [4.69, 9.17) is 4.74 Å². The Morgan fingerprint density at radius 3 is 2.36 bits per heavy atom. The van der Waals surface area contributed by atoms with E-state index >= 15 is 0 Å². The second-order valence-corrected chi connectivity index (χ2v) is 2.63. The molecule has 0 bridgehead atoms. The molecule has 0 aromatic heterocycles. The molecule has 0 fully saturated rings. The third-order valence-corrected chi connectivity index (χ3v) is 0.816.